The Balaban J connectivity index is 2.07. The minimum atomic E-state index is -1.57. The Morgan fingerprint density at radius 1 is 0.529 bits per heavy atom. The van der Waals surface area contributed by atoms with Gasteiger partial charge in [-0.25, -0.2) is 0 Å². The minimum Gasteiger partial charge on any atom is -0.466 e. The smallest absolute Gasteiger partial charge is 0.305 e. The molecule has 0 bridgehead atoms. The fraction of sp³-hybridized carbons (Fsp3) is 0.860. The summed E-state index contributed by atoms with van der Waals surface area (Å²) in [5, 5.41) is 54.1. The number of hydrogen-bond donors (Lipinski definition) is 6. The van der Waals surface area contributed by atoms with Crippen molar-refractivity contribution in [3.05, 3.63) is 36.5 Å². The molecule has 1 amide bonds. The zero-order chi connectivity index (χ0) is 49.6. The summed E-state index contributed by atoms with van der Waals surface area (Å²) in [7, 11) is 0. The van der Waals surface area contributed by atoms with Crippen LogP contribution in [0.1, 0.15) is 251 Å². The van der Waals surface area contributed by atoms with E-state index in [0.29, 0.717) is 19.4 Å². The summed E-state index contributed by atoms with van der Waals surface area (Å²) in [5.74, 6) is -0.216. The molecule has 68 heavy (non-hydrogen) atoms. The van der Waals surface area contributed by atoms with Crippen LogP contribution in [0.5, 0.6) is 0 Å². The zero-order valence-corrected chi connectivity index (χ0v) is 43.6. The van der Waals surface area contributed by atoms with Gasteiger partial charge in [-0.05, 0) is 83.5 Å². The molecule has 6 N–H and O–H groups in total. The monoisotopic (exact) mass is 964 g/mol. The number of aliphatic hydroxyl groups is 5. The average Bonchev–Trinajstić information content (AvgIpc) is 3.33. The van der Waals surface area contributed by atoms with Crippen LogP contribution in [-0.4, -0.2) is 100 Å². The van der Waals surface area contributed by atoms with Gasteiger partial charge < -0.3 is 45.1 Å². The molecule has 0 radical (unpaired) electrons. The number of unbranched alkanes of at least 4 members (excludes halogenated alkanes) is 30. The molecule has 7 unspecified atom stereocenters. The number of hydrogen-bond acceptors (Lipinski definition) is 10. The third-order valence-corrected chi connectivity index (χ3v) is 13.2. The maximum Gasteiger partial charge on any atom is 0.305 e. The highest BCUT2D eigenvalue weighted by atomic mass is 16.7. The quantitative estimate of drug-likeness (QED) is 0.0196. The van der Waals surface area contributed by atoms with Gasteiger partial charge >= 0.3 is 5.97 Å². The van der Waals surface area contributed by atoms with Gasteiger partial charge in [0.1, 0.15) is 24.4 Å². The number of carbonyl (C=O) groups is 2. The molecule has 0 aromatic rings. The number of ether oxygens (including phenoxy) is 3. The van der Waals surface area contributed by atoms with Crippen LogP contribution in [0.3, 0.4) is 0 Å². The SMILES string of the molecule is CCCCC/C=C\CCCCCCCC(=O)OCCCCCCCCCC/C=C\CCCCCCCCCC(=O)NC(COC1OC(CO)C(O)C(O)C1O)C(O)/C=C/CCCCCCCCC. The van der Waals surface area contributed by atoms with Crippen molar-refractivity contribution < 1.29 is 49.3 Å². The molecule has 11 nitrogen and oxygen atoms in total. The molecule has 1 aliphatic heterocycles. The first-order chi connectivity index (χ1) is 33.2. The van der Waals surface area contributed by atoms with Crippen LogP contribution in [0.4, 0.5) is 0 Å². The molecule has 0 aromatic heterocycles. The average molecular weight is 964 g/mol. The molecule has 398 valence electrons. The molecule has 0 saturated carbocycles. The van der Waals surface area contributed by atoms with Crippen molar-refractivity contribution in [3.63, 3.8) is 0 Å². The van der Waals surface area contributed by atoms with E-state index in [9.17, 15) is 35.1 Å². The van der Waals surface area contributed by atoms with Gasteiger partial charge in [0.25, 0.3) is 0 Å². The standard InChI is InChI=1S/C57H105NO10/c1-3-5-7-9-11-13-14-25-29-33-37-41-45-53(62)66-46-42-38-34-30-26-23-21-19-17-15-16-18-20-22-24-28-32-36-40-44-52(61)58-49(50(60)43-39-35-31-27-12-10-8-6-4-2)48-67-57-56(65)55(64)54(63)51(47-59)68-57/h11,13,15-16,39,43,49-51,54-57,59-60,63-65H,3-10,12,14,17-38,40-42,44-48H2,1-2H3,(H,58,61)/b13-11-,16-15-,43-39+. The lowest BCUT2D eigenvalue weighted by atomic mass is 9.99. The fourth-order valence-electron chi connectivity index (χ4n) is 8.66. The van der Waals surface area contributed by atoms with Gasteiger partial charge in [-0.15, -0.1) is 0 Å². The third kappa shape index (κ3) is 36.8. The lowest BCUT2D eigenvalue weighted by Crippen LogP contribution is -2.60. The van der Waals surface area contributed by atoms with E-state index in [0.717, 1.165) is 83.5 Å². The van der Waals surface area contributed by atoms with Crippen LogP contribution < -0.4 is 5.32 Å². The molecule has 0 aliphatic carbocycles. The number of allylic oxidation sites excluding steroid dienone is 5. The second-order valence-electron chi connectivity index (χ2n) is 19.6. The lowest BCUT2D eigenvalue weighted by Gasteiger charge is -2.40. The summed E-state index contributed by atoms with van der Waals surface area (Å²) >= 11 is 0. The minimum absolute atomic E-state index is 0.0216. The second kappa shape index (κ2) is 47.2. The highest BCUT2D eigenvalue weighted by Gasteiger charge is 2.44. The van der Waals surface area contributed by atoms with Crippen molar-refractivity contribution in [2.45, 2.75) is 294 Å². The van der Waals surface area contributed by atoms with E-state index in [1.807, 2.05) is 6.08 Å². The molecule has 1 saturated heterocycles. The van der Waals surface area contributed by atoms with Crippen molar-refractivity contribution in [2.24, 2.45) is 0 Å². The molecular formula is C57H105NO10. The normalized spacial score (nSPS) is 19.7. The van der Waals surface area contributed by atoms with Gasteiger partial charge in [0.2, 0.25) is 5.91 Å². The first kappa shape index (κ1) is 63.9. The summed E-state index contributed by atoms with van der Waals surface area (Å²) in [6, 6.07) is -0.816. The van der Waals surface area contributed by atoms with Crippen molar-refractivity contribution in [3.8, 4) is 0 Å². The number of esters is 1. The number of nitrogens with one attached hydrogen (secondary N) is 1. The van der Waals surface area contributed by atoms with E-state index in [1.165, 1.54) is 141 Å². The van der Waals surface area contributed by atoms with Gasteiger partial charge in [-0.1, -0.05) is 192 Å². The maximum absolute atomic E-state index is 13.0. The van der Waals surface area contributed by atoms with Gasteiger partial charge in [-0.2, -0.15) is 0 Å². The Kier molecular flexibility index (Phi) is 44.4. The number of amides is 1. The second-order valence-corrected chi connectivity index (χ2v) is 19.6. The van der Waals surface area contributed by atoms with Gasteiger partial charge in [0.05, 0.1) is 32.0 Å². The summed E-state index contributed by atoms with van der Waals surface area (Å²) in [6.07, 6.45) is 46.7. The van der Waals surface area contributed by atoms with E-state index in [4.69, 9.17) is 14.2 Å². The Labute approximate surface area is 415 Å². The van der Waals surface area contributed by atoms with Crippen LogP contribution in [0.25, 0.3) is 0 Å². The molecule has 0 spiro atoms. The van der Waals surface area contributed by atoms with E-state index in [1.54, 1.807) is 6.08 Å². The van der Waals surface area contributed by atoms with Gasteiger partial charge in [0, 0.05) is 12.8 Å². The van der Waals surface area contributed by atoms with E-state index >= 15 is 0 Å². The van der Waals surface area contributed by atoms with Gasteiger partial charge in [0.15, 0.2) is 6.29 Å². The summed E-state index contributed by atoms with van der Waals surface area (Å²) < 4.78 is 16.6. The third-order valence-electron chi connectivity index (χ3n) is 13.2. The first-order valence-electron chi connectivity index (χ1n) is 28.3. The summed E-state index contributed by atoms with van der Waals surface area (Å²) in [5.41, 5.74) is 0. The largest absolute Gasteiger partial charge is 0.466 e. The number of aliphatic hydroxyl groups excluding tert-OH is 5. The fourth-order valence-corrected chi connectivity index (χ4v) is 8.66. The highest BCUT2D eigenvalue weighted by molar-refractivity contribution is 5.76. The van der Waals surface area contributed by atoms with Crippen LogP contribution in [0, 0.1) is 0 Å². The molecule has 11 heteroatoms. The molecule has 1 heterocycles. The lowest BCUT2D eigenvalue weighted by molar-refractivity contribution is -0.302. The van der Waals surface area contributed by atoms with Crippen LogP contribution in [0.2, 0.25) is 0 Å². The Hall–Kier alpha value is -2.12. The van der Waals surface area contributed by atoms with E-state index in [2.05, 4.69) is 43.5 Å². The predicted octanol–water partition coefficient (Wildman–Crippen LogP) is 12.3. The first-order valence-corrected chi connectivity index (χ1v) is 28.3. The van der Waals surface area contributed by atoms with Crippen molar-refractivity contribution >= 4 is 11.9 Å². The number of rotatable bonds is 48. The molecule has 1 fully saturated rings. The summed E-state index contributed by atoms with van der Waals surface area (Å²) in [6.45, 7) is 4.26. The predicted molar refractivity (Wildman–Crippen MR) is 278 cm³/mol. The Morgan fingerprint density at radius 3 is 1.44 bits per heavy atom. The Bertz CT molecular complexity index is 1230. The zero-order valence-electron chi connectivity index (χ0n) is 43.6. The Morgan fingerprint density at radius 2 is 0.941 bits per heavy atom. The topological polar surface area (TPSA) is 175 Å². The number of carbonyl (C=O) groups excluding carboxylic acids is 2. The summed E-state index contributed by atoms with van der Waals surface area (Å²) in [4.78, 5) is 25.0. The highest BCUT2D eigenvalue weighted by Crippen LogP contribution is 2.23. The molecule has 0 aromatic carbocycles. The molecule has 1 rings (SSSR count). The molecule has 1 aliphatic rings. The van der Waals surface area contributed by atoms with E-state index in [-0.39, 0.29) is 18.5 Å². The van der Waals surface area contributed by atoms with Gasteiger partial charge in [-0.3, -0.25) is 9.59 Å². The molecule has 7 atom stereocenters. The molecular weight excluding hydrogens is 859 g/mol. The van der Waals surface area contributed by atoms with E-state index < -0.39 is 49.5 Å². The van der Waals surface area contributed by atoms with Crippen LogP contribution >= 0.6 is 0 Å². The van der Waals surface area contributed by atoms with Crippen molar-refractivity contribution in [1.29, 1.82) is 0 Å². The van der Waals surface area contributed by atoms with Crippen molar-refractivity contribution in [1.82, 2.24) is 5.32 Å². The van der Waals surface area contributed by atoms with Crippen LogP contribution in [-0.2, 0) is 23.8 Å². The van der Waals surface area contributed by atoms with Crippen molar-refractivity contribution in [2.75, 3.05) is 19.8 Å². The maximum atomic E-state index is 13.0. The van der Waals surface area contributed by atoms with Crippen LogP contribution in [0.15, 0.2) is 36.5 Å².